The summed E-state index contributed by atoms with van der Waals surface area (Å²) in [6.07, 6.45) is 2.80. The summed E-state index contributed by atoms with van der Waals surface area (Å²) in [6.45, 7) is 9.90. The van der Waals surface area contributed by atoms with E-state index < -0.39 is 24.5 Å². The number of esters is 2. The molecule has 0 heterocycles. The third-order valence-electron chi connectivity index (χ3n) is 6.43. The van der Waals surface area contributed by atoms with E-state index in [0.717, 1.165) is 30.4 Å². The molecule has 1 N–H and O–H groups in total. The first-order valence-electron chi connectivity index (χ1n) is 12.0. The summed E-state index contributed by atoms with van der Waals surface area (Å²) in [6, 6.07) is 12.1. The van der Waals surface area contributed by atoms with Crippen LogP contribution in [0.1, 0.15) is 71.9 Å². The maximum atomic E-state index is 13.0. The largest absolute Gasteiger partial charge is 0.458 e. The standard InChI is InChI=1S/C28H35NO5/c1-17(2)22-11-10-18(3)15-25(22)34-28(32)24-9-7-6-8-23(24)27(31)33-16-26(30)29-21-13-19(4)12-20(5)14-21/h6-9,12-14,17-18,22,25H,10-11,15-16H2,1-5H3,(H,29,30)/t18-,22+,25+/m0/s1. The number of benzene rings is 2. The van der Waals surface area contributed by atoms with Gasteiger partial charge in [0.25, 0.3) is 5.91 Å². The van der Waals surface area contributed by atoms with Gasteiger partial charge in [-0.05, 0) is 79.8 Å². The second kappa shape index (κ2) is 11.3. The van der Waals surface area contributed by atoms with Crippen molar-refractivity contribution in [1.82, 2.24) is 0 Å². The molecule has 1 aliphatic rings. The van der Waals surface area contributed by atoms with Gasteiger partial charge in [0.1, 0.15) is 6.10 Å². The average molecular weight is 466 g/mol. The number of aryl methyl sites for hydroxylation is 2. The van der Waals surface area contributed by atoms with Gasteiger partial charge in [0.2, 0.25) is 0 Å². The van der Waals surface area contributed by atoms with Gasteiger partial charge < -0.3 is 14.8 Å². The fraction of sp³-hybridized carbons (Fsp3) is 0.464. The minimum absolute atomic E-state index is 0.0941. The Morgan fingerprint density at radius 1 is 0.971 bits per heavy atom. The van der Waals surface area contributed by atoms with Crippen LogP contribution in [-0.4, -0.2) is 30.6 Å². The van der Waals surface area contributed by atoms with Crippen LogP contribution in [-0.2, 0) is 14.3 Å². The van der Waals surface area contributed by atoms with E-state index in [1.54, 1.807) is 18.2 Å². The van der Waals surface area contributed by atoms with E-state index in [4.69, 9.17) is 9.47 Å². The normalized spacial score (nSPS) is 20.0. The Hall–Kier alpha value is -3.15. The molecule has 182 valence electrons. The number of nitrogens with one attached hydrogen (secondary N) is 1. The summed E-state index contributed by atoms with van der Waals surface area (Å²) < 4.78 is 11.1. The van der Waals surface area contributed by atoms with E-state index in [1.165, 1.54) is 6.07 Å². The lowest BCUT2D eigenvalue weighted by molar-refractivity contribution is -0.119. The molecule has 1 aliphatic carbocycles. The van der Waals surface area contributed by atoms with Crippen LogP contribution in [0, 0.1) is 31.6 Å². The lowest BCUT2D eigenvalue weighted by Gasteiger charge is -2.36. The number of anilines is 1. The highest BCUT2D eigenvalue weighted by molar-refractivity contribution is 6.04. The molecule has 6 heteroatoms. The third kappa shape index (κ3) is 6.69. The lowest BCUT2D eigenvalue weighted by Crippen LogP contribution is -2.36. The van der Waals surface area contributed by atoms with Crippen molar-refractivity contribution in [2.45, 2.75) is 60.0 Å². The maximum Gasteiger partial charge on any atom is 0.339 e. The Morgan fingerprint density at radius 2 is 1.59 bits per heavy atom. The summed E-state index contributed by atoms with van der Waals surface area (Å²) >= 11 is 0. The molecule has 3 rings (SSSR count). The molecule has 1 fully saturated rings. The number of carbonyl (C=O) groups is 3. The predicted molar refractivity (Wildman–Crippen MR) is 132 cm³/mol. The first kappa shape index (κ1) is 25.5. The molecule has 1 amide bonds. The molecule has 0 aromatic heterocycles. The Kier molecular flexibility index (Phi) is 8.48. The molecule has 6 nitrogen and oxygen atoms in total. The van der Waals surface area contributed by atoms with Crippen LogP contribution >= 0.6 is 0 Å². The van der Waals surface area contributed by atoms with E-state index in [0.29, 0.717) is 23.4 Å². The first-order chi connectivity index (χ1) is 16.1. The second-order valence-corrected chi connectivity index (χ2v) is 9.82. The van der Waals surface area contributed by atoms with Gasteiger partial charge in [0.05, 0.1) is 11.1 Å². The predicted octanol–water partition coefficient (Wildman–Crippen LogP) is 5.72. The summed E-state index contributed by atoms with van der Waals surface area (Å²) in [7, 11) is 0. The molecule has 0 spiro atoms. The van der Waals surface area contributed by atoms with Crippen LogP contribution in [0.2, 0.25) is 0 Å². The van der Waals surface area contributed by atoms with Crippen LogP contribution < -0.4 is 5.32 Å². The number of carbonyl (C=O) groups excluding carboxylic acids is 3. The van der Waals surface area contributed by atoms with Crippen molar-refractivity contribution in [2.75, 3.05) is 11.9 Å². The molecule has 3 atom stereocenters. The Balaban J connectivity index is 1.64. The minimum atomic E-state index is -0.736. The third-order valence-corrected chi connectivity index (χ3v) is 6.43. The molecule has 0 unspecified atom stereocenters. The SMILES string of the molecule is Cc1cc(C)cc(NC(=O)COC(=O)c2ccccc2C(=O)O[C@@H]2C[C@@H](C)CC[C@@H]2C(C)C)c1. The van der Waals surface area contributed by atoms with Gasteiger partial charge in [-0.15, -0.1) is 0 Å². The summed E-state index contributed by atoms with van der Waals surface area (Å²) in [4.78, 5) is 38.1. The zero-order valence-electron chi connectivity index (χ0n) is 20.7. The second-order valence-electron chi connectivity index (χ2n) is 9.82. The van der Waals surface area contributed by atoms with E-state index in [2.05, 4.69) is 26.1 Å². The van der Waals surface area contributed by atoms with E-state index in [1.807, 2.05) is 32.0 Å². The minimum Gasteiger partial charge on any atom is -0.458 e. The summed E-state index contributed by atoms with van der Waals surface area (Å²) in [5.41, 5.74) is 2.93. The molecule has 34 heavy (non-hydrogen) atoms. The Morgan fingerprint density at radius 3 is 2.21 bits per heavy atom. The summed E-state index contributed by atoms with van der Waals surface area (Å²) in [5, 5.41) is 2.73. The van der Waals surface area contributed by atoms with E-state index >= 15 is 0 Å². The van der Waals surface area contributed by atoms with Crippen LogP contribution in [0.4, 0.5) is 5.69 Å². The number of rotatable bonds is 7. The zero-order valence-corrected chi connectivity index (χ0v) is 20.7. The number of hydrogen-bond acceptors (Lipinski definition) is 5. The molecule has 0 bridgehead atoms. The van der Waals surface area contributed by atoms with Gasteiger partial charge in [0, 0.05) is 5.69 Å². The fourth-order valence-electron chi connectivity index (χ4n) is 4.74. The van der Waals surface area contributed by atoms with Gasteiger partial charge >= 0.3 is 11.9 Å². The highest BCUT2D eigenvalue weighted by Crippen LogP contribution is 2.35. The van der Waals surface area contributed by atoms with Crippen molar-refractivity contribution in [3.8, 4) is 0 Å². The van der Waals surface area contributed by atoms with Crippen molar-refractivity contribution in [3.05, 3.63) is 64.7 Å². The molecule has 2 aromatic carbocycles. The van der Waals surface area contributed by atoms with Gasteiger partial charge in [-0.2, -0.15) is 0 Å². The average Bonchev–Trinajstić information content (AvgIpc) is 2.76. The molecule has 0 saturated heterocycles. The van der Waals surface area contributed by atoms with Crippen molar-refractivity contribution in [2.24, 2.45) is 17.8 Å². The molecular weight excluding hydrogens is 430 g/mol. The summed E-state index contributed by atoms with van der Waals surface area (Å²) in [5.74, 6) is -0.523. The van der Waals surface area contributed by atoms with Crippen molar-refractivity contribution < 1.29 is 23.9 Å². The zero-order chi connectivity index (χ0) is 24.8. The monoisotopic (exact) mass is 465 g/mol. The maximum absolute atomic E-state index is 13.0. The topological polar surface area (TPSA) is 81.7 Å². The first-order valence-corrected chi connectivity index (χ1v) is 12.0. The molecule has 2 aromatic rings. The van der Waals surface area contributed by atoms with E-state index in [9.17, 15) is 14.4 Å². The van der Waals surface area contributed by atoms with Crippen LogP contribution in [0.25, 0.3) is 0 Å². The molecule has 1 saturated carbocycles. The van der Waals surface area contributed by atoms with Crippen LogP contribution in [0.3, 0.4) is 0 Å². The van der Waals surface area contributed by atoms with Gasteiger partial charge in [0.15, 0.2) is 6.61 Å². The Labute approximate surface area is 202 Å². The molecule has 0 radical (unpaired) electrons. The smallest absolute Gasteiger partial charge is 0.339 e. The van der Waals surface area contributed by atoms with Gasteiger partial charge in [-0.3, -0.25) is 4.79 Å². The van der Waals surface area contributed by atoms with Crippen molar-refractivity contribution >= 4 is 23.5 Å². The highest BCUT2D eigenvalue weighted by Gasteiger charge is 2.34. The molecule has 0 aliphatic heterocycles. The Bertz CT molecular complexity index is 1020. The van der Waals surface area contributed by atoms with Crippen molar-refractivity contribution in [3.63, 3.8) is 0 Å². The highest BCUT2D eigenvalue weighted by atomic mass is 16.5. The fourth-order valence-corrected chi connectivity index (χ4v) is 4.74. The number of ether oxygens (including phenoxy) is 2. The molecular formula is C28H35NO5. The van der Waals surface area contributed by atoms with Gasteiger partial charge in [-0.25, -0.2) is 9.59 Å². The van der Waals surface area contributed by atoms with E-state index in [-0.39, 0.29) is 17.2 Å². The number of amides is 1. The quantitative estimate of drug-likeness (QED) is 0.529. The van der Waals surface area contributed by atoms with Crippen LogP contribution in [0.5, 0.6) is 0 Å². The van der Waals surface area contributed by atoms with Crippen molar-refractivity contribution in [1.29, 1.82) is 0 Å². The number of hydrogen-bond donors (Lipinski definition) is 1. The lowest BCUT2D eigenvalue weighted by atomic mass is 9.75. The van der Waals surface area contributed by atoms with Crippen LogP contribution in [0.15, 0.2) is 42.5 Å². The van der Waals surface area contributed by atoms with Gasteiger partial charge in [-0.1, -0.05) is 45.4 Å².